The van der Waals surface area contributed by atoms with Crippen LogP contribution in [-0.2, 0) is 11.2 Å². The lowest BCUT2D eigenvalue weighted by Gasteiger charge is -2.13. The summed E-state index contributed by atoms with van der Waals surface area (Å²) in [6.07, 6.45) is 4.38. The molecular weight excluding hydrogens is 252 g/mol. The second-order valence-corrected chi connectivity index (χ2v) is 5.03. The number of carbonyl (C=O) groups is 1. The highest BCUT2D eigenvalue weighted by molar-refractivity contribution is 5.75. The molecule has 0 unspecified atom stereocenters. The number of aryl methyl sites for hydroxylation is 1. The molecule has 0 atom stereocenters. The maximum atomic E-state index is 11.0. The fourth-order valence-corrected chi connectivity index (χ4v) is 1.91. The normalized spacial score (nSPS) is 10.3. The van der Waals surface area contributed by atoms with E-state index in [2.05, 4.69) is 19.9 Å². The van der Waals surface area contributed by atoms with Gasteiger partial charge in [0, 0.05) is 6.42 Å². The standard InChI is InChI=1S/C17H26O3/c1-4-11-19-16-10-9-15(8-6-7-14(3)18)13-17(16)20-12-5-2/h9-10,13H,4-8,11-12H2,1-3H3. The van der Waals surface area contributed by atoms with Gasteiger partial charge in [0.05, 0.1) is 13.2 Å². The van der Waals surface area contributed by atoms with Crippen molar-refractivity contribution in [3.05, 3.63) is 23.8 Å². The van der Waals surface area contributed by atoms with E-state index in [1.165, 1.54) is 5.56 Å². The van der Waals surface area contributed by atoms with Crippen LogP contribution in [0.25, 0.3) is 0 Å². The van der Waals surface area contributed by atoms with Crippen LogP contribution in [0.4, 0.5) is 0 Å². The topological polar surface area (TPSA) is 35.5 Å². The van der Waals surface area contributed by atoms with E-state index in [0.29, 0.717) is 19.6 Å². The third kappa shape index (κ3) is 6.09. The maximum Gasteiger partial charge on any atom is 0.161 e. The van der Waals surface area contributed by atoms with Gasteiger partial charge in [0.15, 0.2) is 11.5 Å². The molecule has 3 heteroatoms. The summed E-state index contributed by atoms with van der Waals surface area (Å²) in [4.78, 5) is 11.0. The van der Waals surface area contributed by atoms with Crippen LogP contribution < -0.4 is 9.47 Å². The Balaban J connectivity index is 2.69. The summed E-state index contributed by atoms with van der Waals surface area (Å²) in [6, 6.07) is 6.08. The van der Waals surface area contributed by atoms with Crippen molar-refractivity contribution in [3.8, 4) is 11.5 Å². The largest absolute Gasteiger partial charge is 0.490 e. The van der Waals surface area contributed by atoms with Crippen LogP contribution in [0.3, 0.4) is 0 Å². The molecule has 0 N–H and O–H groups in total. The van der Waals surface area contributed by atoms with Crippen molar-refractivity contribution in [2.24, 2.45) is 0 Å². The minimum atomic E-state index is 0.246. The van der Waals surface area contributed by atoms with Gasteiger partial charge in [-0.25, -0.2) is 0 Å². The zero-order valence-electron chi connectivity index (χ0n) is 12.9. The van der Waals surface area contributed by atoms with Crippen molar-refractivity contribution >= 4 is 5.78 Å². The molecule has 1 rings (SSSR count). The van der Waals surface area contributed by atoms with Crippen LogP contribution >= 0.6 is 0 Å². The predicted octanol–water partition coefficient (Wildman–Crippen LogP) is 4.18. The second-order valence-electron chi connectivity index (χ2n) is 5.03. The van der Waals surface area contributed by atoms with Crippen molar-refractivity contribution in [1.29, 1.82) is 0 Å². The van der Waals surface area contributed by atoms with E-state index in [9.17, 15) is 4.79 Å². The van der Waals surface area contributed by atoms with E-state index >= 15 is 0 Å². The molecule has 1 aromatic carbocycles. The molecule has 0 spiro atoms. The Morgan fingerprint density at radius 2 is 1.70 bits per heavy atom. The van der Waals surface area contributed by atoms with Gasteiger partial charge in [-0.2, -0.15) is 0 Å². The number of benzene rings is 1. The molecule has 0 amide bonds. The highest BCUT2D eigenvalue weighted by Gasteiger charge is 2.07. The smallest absolute Gasteiger partial charge is 0.161 e. The average Bonchev–Trinajstić information content (AvgIpc) is 2.43. The van der Waals surface area contributed by atoms with E-state index in [1.54, 1.807) is 6.92 Å². The van der Waals surface area contributed by atoms with Crippen molar-refractivity contribution < 1.29 is 14.3 Å². The third-order valence-corrected chi connectivity index (χ3v) is 2.93. The lowest BCUT2D eigenvalue weighted by molar-refractivity contribution is -0.117. The molecule has 0 saturated carbocycles. The first-order valence-electron chi connectivity index (χ1n) is 7.55. The van der Waals surface area contributed by atoms with E-state index < -0.39 is 0 Å². The summed E-state index contributed by atoms with van der Waals surface area (Å²) < 4.78 is 11.5. The Morgan fingerprint density at radius 3 is 2.30 bits per heavy atom. The number of hydrogen-bond donors (Lipinski definition) is 0. The van der Waals surface area contributed by atoms with Crippen molar-refractivity contribution in [1.82, 2.24) is 0 Å². The van der Waals surface area contributed by atoms with Crippen molar-refractivity contribution in [2.45, 2.75) is 52.9 Å². The quantitative estimate of drug-likeness (QED) is 0.644. The summed E-state index contributed by atoms with van der Waals surface area (Å²) in [5.41, 5.74) is 1.20. The molecule has 1 aromatic rings. The minimum absolute atomic E-state index is 0.246. The molecule has 3 nitrogen and oxygen atoms in total. The lowest BCUT2D eigenvalue weighted by Crippen LogP contribution is -2.02. The van der Waals surface area contributed by atoms with E-state index in [4.69, 9.17) is 9.47 Å². The predicted molar refractivity (Wildman–Crippen MR) is 81.6 cm³/mol. The van der Waals surface area contributed by atoms with Gasteiger partial charge in [-0.05, 0) is 50.3 Å². The molecule has 20 heavy (non-hydrogen) atoms. The molecule has 0 saturated heterocycles. The Hall–Kier alpha value is -1.51. The molecule has 0 aliphatic heterocycles. The molecule has 0 aliphatic carbocycles. The highest BCUT2D eigenvalue weighted by Crippen LogP contribution is 2.29. The van der Waals surface area contributed by atoms with Gasteiger partial charge in [0.1, 0.15) is 5.78 Å². The van der Waals surface area contributed by atoms with Crippen LogP contribution in [0, 0.1) is 0 Å². The second kappa shape index (κ2) is 9.40. The fourth-order valence-electron chi connectivity index (χ4n) is 1.91. The molecule has 0 radical (unpaired) electrons. The van der Waals surface area contributed by atoms with Crippen molar-refractivity contribution in [3.63, 3.8) is 0 Å². The van der Waals surface area contributed by atoms with E-state index in [-0.39, 0.29) is 5.78 Å². The molecule has 0 aromatic heterocycles. The van der Waals surface area contributed by atoms with Gasteiger partial charge < -0.3 is 14.3 Å². The van der Waals surface area contributed by atoms with Crippen LogP contribution in [0.5, 0.6) is 11.5 Å². The Labute approximate surface area is 122 Å². The van der Waals surface area contributed by atoms with E-state index in [0.717, 1.165) is 37.2 Å². The zero-order chi connectivity index (χ0) is 14.8. The highest BCUT2D eigenvalue weighted by atomic mass is 16.5. The average molecular weight is 278 g/mol. The number of Topliss-reactive ketones (excluding diaryl/α,β-unsaturated/α-hetero) is 1. The number of ketones is 1. The monoisotopic (exact) mass is 278 g/mol. The first-order chi connectivity index (χ1) is 9.67. The van der Waals surface area contributed by atoms with Crippen LogP contribution in [0.2, 0.25) is 0 Å². The Bertz CT molecular complexity index is 413. The first-order valence-corrected chi connectivity index (χ1v) is 7.55. The summed E-state index contributed by atoms with van der Waals surface area (Å²) in [6.45, 7) is 7.20. The summed E-state index contributed by atoms with van der Waals surface area (Å²) in [7, 11) is 0. The Kier molecular flexibility index (Phi) is 7.78. The Morgan fingerprint density at radius 1 is 1.05 bits per heavy atom. The lowest BCUT2D eigenvalue weighted by atomic mass is 10.1. The van der Waals surface area contributed by atoms with Gasteiger partial charge in [-0.15, -0.1) is 0 Å². The van der Waals surface area contributed by atoms with Crippen molar-refractivity contribution in [2.75, 3.05) is 13.2 Å². The summed E-state index contributed by atoms with van der Waals surface area (Å²) in [5.74, 6) is 1.88. The third-order valence-electron chi connectivity index (χ3n) is 2.93. The van der Waals surface area contributed by atoms with E-state index in [1.807, 2.05) is 12.1 Å². The van der Waals surface area contributed by atoms with Gasteiger partial charge in [0.2, 0.25) is 0 Å². The van der Waals surface area contributed by atoms with Crippen LogP contribution in [-0.4, -0.2) is 19.0 Å². The molecule has 0 heterocycles. The zero-order valence-corrected chi connectivity index (χ0v) is 12.9. The SMILES string of the molecule is CCCOc1ccc(CCCC(C)=O)cc1OCCC. The first kappa shape index (κ1) is 16.5. The molecular formula is C17H26O3. The fraction of sp³-hybridized carbons (Fsp3) is 0.588. The summed E-state index contributed by atoms with van der Waals surface area (Å²) >= 11 is 0. The minimum Gasteiger partial charge on any atom is -0.490 e. The number of carbonyl (C=O) groups excluding carboxylic acids is 1. The van der Waals surface area contributed by atoms with Gasteiger partial charge >= 0.3 is 0 Å². The van der Waals surface area contributed by atoms with Gasteiger partial charge in [-0.1, -0.05) is 19.9 Å². The van der Waals surface area contributed by atoms with Gasteiger partial charge in [-0.3, -0.25) is 0 Å². The number of rotatable bonds is 10. The van der Waals surface area contributed by atoms with Crippen LogP contribution in [0.15, 0.2) is 18.2 Å². The summed E-state index contributed by atoms with van der Waals surface area (Å²) in [5, 5.41) is 0. The van der Waals surface area contributed by atoms with Crippen LogP contribution in [0.1, 0.15) is 52.0 Å². The molecule has 0 aliphatic rings. The molecule has 0 bridgehead atoms. The molecule has 112 valence electrons. The number of hydrogen-bond acceptors (Lipinski definition) is 3. The molecule has 0 fully saturated rings. The maximum absolute atomic E-state index is 11.0. The van der Waals surface area contributed by atoms with Gasteiger partial charge in [0.25, 0.3) is 0 Å². The number of ether oxygens (including phenoxy) is 2.